The number of phenols is 2. The van der Waals surface area contributed by atoms with Crippen molar-refractivity contribution in [1.29, 1.82) is 0 Å². The molecule has 0 spiro atoms. The number of rotatable bonds is 1. The Morgan fingerprint density at radius 1 is 1.06 bits per heavy atom. The van der Waals surface area contributed by atoms with Gasteiger partial charge in [0.25, 0.3) is 0 Å². The van der Waals surface area contributed by atoms with E-state index in [1.165, 1.54) is 23.5 Å². The highest BCUT2D eigenvalue weighted by atomic mass is 79.9. The van der Waals surface area contributed by atoms with Crippen LogP contribution in [0.1, 0.15) is 0 Å². The Balaban J connectivity index is 2.26. The molecule has 2 aromatic carbocycles. The quantitative estimate of drug-likeness (QED) is 0.708. The average Bonchev–Trinajstić information content (AvgIpc) is 2.71. The van der Waals surface area contributed by atoms with Crippen LogP contribution >= 0.6 is 27.3 Å². The fraction of sp³-hybridized carbons (Fsp3) is 0. The lowest BCUT2D eigenvalue weighted by atomic mass is 10.2. The lowest BCUT2D eigenvalue weighted by molar-refractivity contribution is 0.454. The third-order valence-electron chi connectivity index (χ3n) is 2.58. The maximum absolute atomic E-state index is 9.82. The summed E-state index contributed by atoms with van der Waals surface area (Å²) in [5.74, 6) is 0.0706. The van der Waals surface area contributed by atoms with Crippen molar-refractivity contribution in [2.75, 3.05) is 0 Å². The second kappa shape index (κ2) is 4.26. The Bertz CT molecular complexity index is 719. The van der Waals surface area contributed by atoms with E-state index < -0.39 is 0 Å². The summed E-state index contributed by atoms with van der Waals surface area (Å²) < 4.78 is 1.96. The van der Waals surface area contributed by atoms with Crippen molar-refractivity contribution in [1.82, 2.24) is 4.98 Å². The van der Waals surface area contributed by atoms with E-state index >= 15 is 0 Å². The van der Waals surface area contributed by atoms with E-state index in [1.54, 1.807) is 6.07 Å². The molecule has 0 unspecified atom stereocenters. The van der Waals surface area contributed by atoms with Gasteiger partial charge in [0.05, 0.1) is 15.8 Å². The topological polar surface area (TPSA) is 53.4 Å². The number of fused-ring (bicyclic) bond motifs is 1. The minimum atomic E-state index is 0.0353. The van der Waals surface area contributed by atoms with Gasteiger partial charge in [-0.2, -0.15) is 0 Å². The second-order valence-corrected chi connectivity index (χ2v) is 5.75. The Labute approximate surface area is 115 Å². The first-order valence-corrected chi connectivity index (χ1v) is 6.83. The van der Waals surface area contributed by atoms with Crippen LogP contribution in [0.5, 0.6) is 11.5 Å². The summed E-state index contributed by atoms with van der Waals surface area (Å²) in [6.45, 7) is 0. The zero-order valence-corrected chi connectivity index (χ0v) is 11.5. The van der Waals surface area contributed by atoms with Crippen LogP contribution in [-0.2, 0) is 0 Å². The van der Waals surface area contributed by atoms with Crippen molar-refractivity contribution >= 4 is 37.5 Å². The van der Waals surface area contributed by atoms with E-state index in [-0.39, 0.29) is 11.5 Å². The molecule has 2 N–H and O–H groups in total. The van der Waals surface area contributed by atoms with Crippen LogP contribution in [0.15, 0.2) is 40.9 Å². The van der Waals surface area contributed by atoms with Gasteiger partial charge < -0.3 is 10.2 Å². The van der Waals surface area contributed by atoms with Crippen LogP contribution in [0.25, 0.3) is 20.8 Å². The normalized spacial score (nSPS) is 10.9. The molecule has 0 radical (unpaired) electrons. The van der Waals surface area contributed by atoms with Gasteiger partial charge in [-0.25, -0.2) is 4.98 Å². The Kier molecular flexibility index (Phi) is 2.72. The molecule has 0 aliphatic heterocycles. The largest absolute Gasteiger partial charge is 0.507 e. The number of benzene rings is 2. The van der Waals surface area contributed by atoms with Crippen molar-refractivity contribution in [2.45, 2.75) is 0 Å². The van der Waals surface area contributed by atoms with Crippen molar-refractivity contribution < 1.29 is 10.2 Å². The van der Waals surface area contributed by atoms with Crippen molar-refractivity contribution in [2.24, 2.45) is 0 Å². The number of aromatic hydroxyl groups is 2. The first-order valence-electron chi connectivity index (χ1n) is 5.22. The zero-order valence-electron chi connectivity index (χ0n) is 9.09. The van der Waals surface area contributed by atoms with Crippen molar-refractivity contribution in [3.8, 4) is 22.1 Å². The molecule has 0 saturated heterocycles. The highest BCUT2D eigenvalue weighted by Gasteiger charge is 2.14. The number of thiazole rings is 1. The summed E-state index contributed by atoms with van der Waals surface area (Å²) >= 11 is 4.83. The molecule has 0 saturated carbocycles. The Morgan fingerprint density at radius 2 is 1.78 bits per heavy atom. The molecule has 18 heavy (non-hydrogen) atoms. The highest BCUT2D eigenvalue weighted by Crippen LogP contribution is 2.40. The number of phenolic OH excluding ortho intramolecular Hbond substituents is 2. The third kappa shape index (κ3) is 1.85. The Morgan fingerprint density at radius 3 is 2.50 bits per heavy atom. The van der Waals surface area contributed by atoms with Gasteiger partial charge in [-0.3, -0.25) is 0 Å². The number of nitrogens with zero attached hydrogens (tertiary/aromatic N) is 1. The summed E-state index contributed by atoms with van der Waals surface area (Å²) in [6.07, 6.45) is 0. The van der Waals surface area contributed by atoms with Gasteiger partial charge in [-0.05, 0) is 30.3 Å². The average molecular weight is 322 g/mol. The molecule has 0 aliphatic rings. The molecular weight excluding hydrogens is 314 g/mol. The molecule has 0 atom stereocenters. The van der Waals surface area contributed by atoms with Gasteiger partial charge in [0.2, 0.25) is 0 Å². The molecule has 3 nitrogen and oxygen atoms in total. The van der Waals surface area contributed by atoms with Gasteiger partial charge in [0, 0.05) is 4.47 Å². The molecule has 0 amide bonds. The maximum atomic E-state index is 9.82. The second-order valence-electron chi connectivity index (χ2n) is 3.80. The molecule has 3 rings (SSSR count). The van der Waals surface area contributed by atoms with E-state index in [2.05, 4.69) is 20.9 Å². The summed E-state index contributed by atoms with van der Waals surface area (Å²) in [7, 11) is 0. The number of halogens is 1. The van der Waals surface area contributed by atoms with Crippen LogP contribution in [0, 0.1) is 0 Å². The van der Waals surface area contributed by atoms with Crippen LogP contribution in [-0.4, -0.2) is 15.2 Å². The molecule has 90 valence electrons. The smallest absolute Gasteiger partial charge is 0.132 e. The summed E-state index contributed by atoms with van der Waals surface area (Å²) in [4.78, 5) is 4.43. The standard InChI is InChI=1S/C13H8BrNO2S/c14-7-4-5-11-8(6-7)15-13(18-11)12-9(16)2-1-3-10(12)17/h1-6,16-17H. The van der Waals surface area contributed by atoms with Crippen molar-refractivity contribution in [3.05, 3.63) is 40.9 Å². The fourth-order valence-corrected chi connectivity index (χ4v) is 3.11. The molecule has 3 aromatic rings. The number of aromatic nitrogens is 1. The van der Waals surface area contributed by atoms with Crippen LogP contribution in [0.2, 0.25) is 0 Å². The monoisotopic (exact) mass is 321 g/mol. The van der Waals surface area contributed by atoms with Gasteiger partial charge in [0.1, 0.15) is 16.5 Å². The van der Waals surface area contributed by atoms with E-state index in [9.17, 15) is 10.2 Å². The van der Waals surface area contributed by atoms with E-state index in [4.69, 9.17) is 0 Å². The van der Waals surface area contributed by atoms with Crippen molar-refractivity contribution in [3.63, 3.8) is 0 Å². The molecule has 5 heteroatoms. The Hall–Kier alpha value is -1.59. The van der Waals surface area contributed by atoms with Gasteiger partial charge in [-0.15, -0.1) is 11.3 Å². The first kappa shape index (κ1) is 11.5. The van der Waals surface area contributed by atoms with E-state index in [1.807, 2.05) is 18.2 Å². The predicted octanol–water partition coefficient (Wildman–Crippen LogP) is 4.14. The zero-order chi connectivity index (χ0) is 12.7. The number of hydrogen-bond donors (Lipinski definition) is 2. The third-order valence-corrected chi connectivity index (χ3v) is 4.13. The van der Waals surface area contributed by atoms with Gasteiger partial charge >= 0.3 is 0 Å². The molecule has 1 heterocycles. The summed E-state index contributed by atoms with van der Waals surface area (Å²) in [5, 5.41) is 20.3. The SMILES string of the molecule is Oc1cccc(O)c1-c1nc2cc(Br)ccc2s1. The van der Waals surface area contributed by atoms with Gasteiger partial charge in [0.15, 0.2) is 0 Å². The molecule has 1 aromatic heterocycles. The molecule has 0 fully saturated rings. The molecular formula is C13H8BrNO2S. The predicted molar refractivity (Wildman–Crippen MR) is 76.1 cm³/mol. The minimum Gasteiger partial charge on any atom is -0.507 e. The highest BCUT2D eigenvalue weighted by molar-refractivity contribution is 9.10. The lowest BCUT2D eigenvalue weighted by Crippen LogP contribution is -1.79. The summed E-state index contributed by atoms with van der Waals surface area (Å²) in [5.41, 5.74) is 1.22. The van der Waals surface area contributed by atoms with Gasteiger partial charge in [-0.1, -0.05) is 22.0 Å². The molecule has 0 aliphatic carbocycles. The van der Waals surface area contributed by atoms with Crippen LogP contribution in [0.4, 0.5) is 0 Å². The van der Waals surface area contributed by atoms with Crippen LogP contribution < -0.4 is 0 Å². The lowest BCUT2D eigenvalue weighted by Gasteiger charge is -2.02. The first-order chi connectivity index (χ1) is 8.65. The summed E-state index contributed by atoms with van der Waals surface area (Å²) in [6, 6.07) is 10.5. The van der Waals surface area contributed by atoms with Crippen LogP contribution in [0.3, 0.4) is 0 Å². The molecule has 0 bridgehead atoms. The minimum absolute atomic E-state index is 0.0353. The maximum Gasteiger partial charge on any atom is 0.132 e. The number of hydrogen-bond acceptors (Lipinski definition) is 4. The van der Waals surface area contributed by atoms with E-state index in [0.29, 0.717) is 10.6 Å². The fourth-order valence-electron chi connectivity index (χ4n) is 1.75. The van der Waals surface area contributed by atoms with E-state index in [0.717, 1.165) is 14.7 Å².